The number of amides is 1. The maximum atomic E-state index is 13.3. The number of ether oxygens (including phenoxy) is 1. The van der Waals surface area contributed by atoms with Crippen molar-refractivity contribution < 1.29 is 22.7 Å². The smallest absolute Gasteiger partial charge is 0.267 e. The lowest BCUT2D eigenvalue weighted by molar-refractivity contribution is -0.122. The number of hydrogen-bond donors (Lipinski definition) is 1. The summed E-state index contributed by atoms with van der Waals surface area (Å²) in [5.41, 5.74) is 1.26. The number of nitrogens with one attached hydrogen (secondary N) is 1. The number of carbonyl (C=O) groups is 2. The molecule has 1 atom stereocenters. The first kappa shape index (κ1) is 20.6. The molecule has 1 N–H and O–H groups in total. The Labute approximate surface area is 180 Å². The van der Waals surface area contributed by atoms with Crippen molar-refractivity contribution in [2.24, 2.45) is 0 Å². The highest BCUT2D eigenvalue weighted by Gasteiger charge is 2.37. The van der Waals surface area contributed by atoms with Gasteiger partial charge in [-0.2, -0.15) is 0 Å². The Morgan fingerprint density at radius 2 is 1.68 bits per heavy atom. The predicted octanol–water partition coefficient (Wildman–Crippen LogP) is 3.48. The third-order valence-corrected chi connectivity index (χ3v) is 6.69. The number of fused-ring (bicyclic) bond motifs is 1. The second-order valence-electron chi connectivity index (χ2n) is 7.05. The molecular weight excluding hydrogens is 416 g/mol. The van der Waals surface area contributed by atoms with Crippen LogP contribution in [0.25, 0.3) is 0 Å². The molecule has 0 saturated heterocycles. The van der Waals surface area contributed by atoms with Gasteiger partial charge in [-0.1, -0.05) is 42.5 Å². The highest BCUT2D eigenvalue weighted by molar-refractivity contribution is 7.92. The zero-order chi connectivity index (χ0) is 22.0. The zero-order valence-corrected chi connectivity index (χ0v) is 17.5. The molecule has 0 aromatic heterocycles. The minimum Gasteiger partial charge on any atom is -0.476 e. The molecule has 4 rings (SSSR count). The van der Waals surface area contributed by atoms with Gasteiger partial charge < -0.3 is 10.1 Å². The molecule has 0 spiro atoms. The van der Waals surface area contributed by atoms with E-state index in [1.54, 1.807) is 66.7 Å². The largest absolute Gasteiger partial charge is 0.476 e. The Bertz CT molecular complexity index is 1240. The van der Waals surface area contributed by atoms with Crippen LogP contribution in [0.4, 0.5) is 11.4 Å². The fraction of sp³-hybridized carbons (Fsp3) is 0.130. The third kappa shape index (κ3) is 4.15. The van der Waals surface area contributed by atoms with Crippen LogP contribution in [0.15, 0.2) is 83.8 Å². The molecule has 0 saturated carbocycles. The molecule has 3 aromatic rings. The lowest BCUT2D eigenvalue weighted by Gasteiger charge is -2.34. The van der Waals surface area contributed by atoms with Crippen molar-refractivity contribution in [1.82, 2.24) is 0 Å². The number of sulfonamides is 1. The standard InChI is InChI=1S/C23H20N2O5S/c1-16(26)17-8-7-9-18(14-17)24-23(27)22-15-25(20-12-5-6-13-21(20)30-22)31(28,29)19-10-3-2-4-11-19/h2-14,22H,15H2,1H3,(H,24,27)/t22-/m0/s1. The highest BCUT2D eigenvalue weighted by atomic mass is 32.2. The summed E-state index contributed by atoms with van der Waals surface area (Å²) in [5, 5.41) is 2.71. The van der Waals surface area contributed by atoms with E-state index in [2.05, 4.69) is 5.32 Å². The van der Waals surface area contributed by atoms with Crippen LogP contribution < -0.4 is 14.4 Å². The van der Waals surface area contributed by atoms with Gasteiger partial charge in [0, 0.05) is 11.3 Å². The molecule has 1 heterocycles. The molecule has 0 unspecified atom stereocenters. The van der Waals surface area contributed by atoms with E-state index in [0.717, 1.165) is 0 Å². The molecule has 0 radical (unpaired) electrons. The number of nitrogens with zero attached hydrogens (tertiary/aromatic N) is 1. The quantitative estimate of drug-likeness (QED) is 0.618. The van der Waals surface area contributed by atoms with Gasteiger partial charge in [0.05, 0.1) is 17.1 Å². The Balaban J connectivity index is 1.65. The average molecular weight is 436 g/mol. The highest BCUT2D eigenvalue weighted by Crippen LogP contribution is 2.36. The number of Topliss-reactive ketones (excluding diaryl/α,β-unsaturated/α-hetero) is 1. The summed E-state index contributed by atoms with van der Waals surface area (Å²) in [5.74, 6) is -0.339. The lowest BCUT2D eigenvalue weighted by atomic mass is 10.1. The van der Waals surface area contributed by atoms with E-state index in [9.17, 15) is 18.0 Å². The van der Waals surface area contributed by atoms with Gasteiger partial charge >= 0.3 is 0 Å². The fourth-order valence-electron chi connectivity index (χ4n) is 3.32. The van der Waals surface area contributed by atoms with Gasteiger partial charge in [0.2, 0.25) is 0 Å². The molecule has 7 nitrogen and oxygen atoms in total. The Kier molecular flexibility index (Phi) is 5.48. The second-order valence-corrected chi connectivity index (χ2v) is 8.91. The summed E-state index contributed by atoms with van der Waals surface area (Å²) in [7, 11) is -3.90. The first-order valence-electron chi connectivity index (χ1n) is 9.61. The van der Waals surface area contributed by atoms with Gasteiger partial charge in [-0.25, -0.2) is 8.42 Å². The van der Waals surface area contributed by atoms with Gasteiger partial charge in [-0.05, 0) is 43.3 Å². The first-order chi connectivity index (χ1) is 14.9. The molecule has 0 fully saturated rings. The van der Waals surface area contributed by atoms with Crippen LogP contribution in [0.5, 0.6) is 5.75 Å². The van der Waals surface area contributed by atoms with Crippen molar-refractivity contribution in [1.29, 1.82) is 0 Å². The minimum absolute atomic E-state index is 0.125. The van der Waals surface area contributed by atoms with Crippen LogP contribution in [0.2, 0.25) is 0 Å². The molecular formula is C23H20N2O5S. The molecule has 0 bridgehead atoms. The first-order valence-corrected chi connectivity index (χ1v) is 11.1. The average Bonchev–Trinajstić information content (AvgIpc) is 2.79. The van der Waals surface area contributed by atoms with E-state index in [4.69, 9.17) is 4.74 Å². The van der Waals surface area contributed by atoms with Crippen LogP contribution in [0, 0.1) is 0 Å². The SMILES string of the molecule is CC(=O)c1cccc(NC(=O)[C@@H]2CN(S(=O)(=O)c3ccccc3)c3ccccc3O2)c1. The van der Waals surface area contributed by atoms with E-state index >= 15 is 0 Å². The van der Waals surface area contributed by atoms with Crippen LogP contribution in [-0.2, 0) is 14.8 Å². The summed E-state index contributed by atoms with van der Waals surface area (Å²) < 4.78 is 33.6. The third-order valence-electron chi connectivity index (χ3n) is 4.90. The Morgan fingerprint density at radius 1 is 0.968 bits per heavy atom. The van der Waals surface area contributed by atoms with E-state index in [1.807, 2.05) is 0 Å². The molecule has 31 heavy (non-hydrogen) atoms. The zero-order valence-electron chi connectivity index (χ0n) is 16.7. The molecule has 3 aromatic carbocycles. The van der Waals surface area contributed by atoms with Crippen LogP contribution in [-0.4, -0.2) is 32.8 Å². The Hall–Kier alpha value is -3.65. The number of carbonyl (C=O) groups excluding carboxylic acids is 2. The van der Waals surface area contributed by atoms with E-state index in [0.29, 0.717) is 22.7 Å². The summed E-state index contributed by atoms with van der Waals surface area (Å²) in [6.07, 6.45) is -1.07. The predicted molar refractivity (Wildman–Crippen MR) is 117 cm³/mol. The van der Waals surface area contributed by atoms with Gasteiger partial charge in [0.25, 0.3) is 15.9 Å². The van der Waals surface area contributed by atoms with E-state index in [1.165, 1.54) is 23.4 Å². The van der Waals surface area contributed by atoms with Gasteiger partial charge in [0.15, 0.2) is 11.9 Å². The molecule has 1 aliphatic heterocycles. The topological polar surface area (TPSA) is 92.8 Å². The summed E-state index contributed by atoms with van der Waals surface area (Å²) in [6.45, 7) is 1.25. The van der Waals surface area contributed by atoms with Crippen molar-refractivity contribution in [3.8, 4) is 5.75 Å². The van der Waals surface area contributed by atoms with Gasteiger partial charge in [-0.15, -0.1) is 0 Å². The number of rotatable bonds is 5. The van der Waals surface area contributed by atoms with E-state index in [-0.39, 0.29) is 17.2 Å². The van der Waals surface area contributed by atoms with Crippen LogP contribution in [0.3, 0.4) is 0 Å². The number of anilines is 2. The second kappa shape index (κ2) is 8.23. The van der Waals surface area contributed by atoms with Crippen LogP contribution >= 0.6 is 0 Å². The molecule has 0 aliphatic carbocycles. The van der Waals surface area contributed by atoms with Crippen molar-refractivity contribution in [3.63, 3.8) is 0 Å². The maximum absolute atomic E-state index is 13.3. The van der Waals surface area contributed by atoms with Crippen LogP contribution in [0.1, 0.15) is 17.3 Å². The number of para-hydroxylation sites is 2. The van der Waals surface area contributed by atoms with Crippen molar-refractivity contribution in [3.05, 3.63) is 84.4 Å². The molecule has 158 valence electrons. The number of ketones is 1. The van der Waals surface area contributed by atoms with Crippen molar-refractivity contribution in [2.75, 3.05) is 16.2 Å². The molecule has 1 amide bonds. The van der Waals surface area contributed by atoms with E-state index < -0.39 is 22.0 Å². The van der Waals surface area contributed by atoms with Crippen molar-refractivity contribution >= 4 is 33.1 Å². The van der Waals surface area contributed by atoms with Gasteiger partial charge in [-0.3, -0.25) is 13.9 Å². The summed E-state index contributed by atoms with van der Waals surface area (Å²) in [6, 6.07) is 21.3. The maximum Gasteiger partial charge on any atom is 0.267 e. The minimum atomic E-state index is -3.90. The normalized spacial score (nSPS) is 15.5. The molecule has 8 heteroatoms. The summed E-state index contributed by atoms with van der Waals surface area (Å²) in [4.78, 5) is 24.6. The van der Waals surface area contributed by atoms with Crippen molar-refractivity contribution in [2.45, 2.75) is 17.9 Å². The molecule has 1 aliphatic rings. The number of hydrogen-bond acceptors (Lipinski definition) is 5. The lowest BCUT2D eigenvalue weighted by Crippen LogP contribution is -2.48. The fourth-order valence-corrected chi connectivity index (χ4v) is 4.82. The Morgan fingerprint density at radius 3 is 2.42 bits per heavy atom. The summed E-state index contributed by atoms with van der Waals surface area (Å²) >= 11 is 0. The number of benzene rings is 3. The van der Waals surface area contributed by atoms with Gasteiger partial charge in [0.1, 0.15) is 5.75 Å². The monoisotopic (exact) mass is 436 g/mol.